The molecule has 4 rings (SSSR count). The van der Waals surface area contributed by atoms with Crippen molar-refractivity contribution in [3.63, 3.8) is 0 Å². The average Bonchev–Trinajstić information content (AvgIpc) is 3.58. The number of carbonyl (C=O) groups is 3. The van der Waals surface area contributed by atoms with Gasteiger partial charge in [0.25, 0.3) is 0 Å². The summed E-state index contributed by atoms with van der Waals surface area (Å²) in [5.74, 6) is 0.850. The van der Waals surface area contributed by atoms with Crippen LogP contribution in [-0.4, -0.2) is 100 Å². The zero-order valence-corrected chi connectivity index (χ0v) is 26.3. The number of carbonyl (C=O) groups excluding carboxylic acids is 3. The smallest absolute Gasteiger partial charge is 0.336 e. The van der Waals surface area contributed by atoms with E-state index in [0.717, 1.165) is 36.0 Å². The van der Waals surface area contributed by atoms with E-state index in [9.17, 15) is 19.2 Å². The van der Waals surface area contributed by atoms with Gasteiger partial charge in [-0.3, -0.25) is 9.59 Å². The second-order valence-corrected chi connectivity index (χ2v) is 12.1. The lowest BCUT2D eigenvalue weighted by Crippen LogP contribution is -2.36. The van der Waals surface area contributed by atoms with E-state index in [0.29, 0.717) is 76.6 Å². The highest BCUT2D eigenvalue weighted by molar-refractivity contribution is 8.00. The Morgan fingerprint density at radius 1 is 0.822 bits per heavy atom. The van der Waals surface area contributed by atoms with E-state index in [4.69, 9.17) is 23.4 Å². The summed E-state index contributed by atoms with van der Waals surface area (Å²) in [7, 11) is 0. The maximum Gasteiger partial charge on any atom is 0.336 e. The summed E-state index contributed by atoms with van der Waals surface area (Å²) in [6.45, 7) is 4.04. The average molecular weight is 649 g/mol. The highest BCUT2D eigenvalue weighted by atomic mass is 32.2. The second kappa shape index (κ2) is 19.4. The van der Waals surface area contributed by atoms with Crippen LogP contribution in [0.25, 0.3) is 11.0 Å². The van der Waals surface area contributed by atoms with Crippen LogP contribution < -0.4 is 26.9 Å². The van der Waals surface area contributed by atoms with E-state index in [1.165, 1.54) is 6.07 Å². The first-order valence-electron chi connectivity index (χ1n) is 15.5. The predicted octanol–water partition coefficient (Wildman–Crippen LogP) is 1.71. The predicted molar refractivity (Wildman–Crippen MR) is 169 cm³/mol. The molecule has 3 heterocycles. The second-order valence-electron chi connectivity index (χ2n) is 10.8. The first-order valence-corrected chi connectivity index (χ1v) is 16.6. The quantitative estimate of drug-likeness (QED) is 0.0839. The molecule has 45 heavy (non-hydrogen) atoms. The van der Waals surface area contributed by atoms with E-state index < -0.39 is 5.63 Å². The van der Waals surface area contributed by atoms with Crippen LogP contribution in [0.3, 0.4) is 0 Å². The normalized spacial score (nSPS) is 18.8. The first kappa shape index (κ1) is 34.7. The van der Waals surface area contributed by atoms with Crippen LogP contribution in [-0.2, 0) is 35.1 Å². The Kier molecular flexibility index (Phi) is 14.9. The number of hydrogen-bond donors (Lipinski definition) is 4. The van der Waals surface area contributed by atoms with Crippen LogP contribution in [0.4, 0.5) is 4.79 Å². The Morgan fingerprint density at radius 3 is 2.29 bits per heavy atom. The monoisotopic (exact) mass is 648 g/mol. The van der Waals surface area contributed by atoms with Gasteiger partial charge in [0.1, 0.15) is 5.58 Å². The summed E-state index contributed by atoms with van der Waals surface area (Å²) in [5, 5.41) is 12.9. The third kappa shape index (κ3) is 12.6. The number of urea groups is 1. The van der Waals surface area contributed by atoms with Crippen molar-refractivity contribution >= 4 is 40.6 Å². The van der Waals surface area contributed by atoms with Crippen molar-refractivity contribution in [3.05, 3.63) is 46.3 Å². The molecule has 2 fully saturated rings. The molecule has 4 N–H and O–H groups in total. The highest BCUT2D eigenvalue weighted by Crippen LogP contribution is 2.33. The fourth-order valence-electron chi connectivity index (χ4n) is 5.06. The van der Waals surface area contributed by atoms with Gasteiger partial charge in [-0.25, -0.2) is 9.59 Å². The van der Waals surface area contributed by atoms with E-state index in [1.807, 2.05) is 23.9 Å². The lowest BCUT2D eigenvalue weighted by molar-refractivity contribution is -0.122. The van der Waals surface area contributed by atoms with Crippen molar-refractivity contribution in [2.45, 2.75) is 56.0 Å². The molecule has 14 heteroatoms. The minimum atomic E-state index is -0.408. The number of benzene rings is 1. The molecule has 248 valence electrons. The topological polar surface area (TPSA) is 166 Å². The van der Waals surface area contributed by atoms with Gasteiger partial charge < -0.3 is 44.6 Å². The van der Waals surface area contributed by atoms with Crippen LogP contribution >= 0.6 is 11.8 Å². The number of hydrogen-bond acceptors (Lipinski definition) is 10. The third-order valence-electron chi connectivity index (χ3n) is 7.42. The molecule has 0 saturated carbocycles. The maximum atomic E-state index is 12.0. The summed E-state index contributed by atoms with van der Waals surface area (Å²) in [4.78, 5) is 46.9. The van der Waals surface area contributed by atoms with E-state index in [2.05, 4.69) is 21.3 Å². The van der Waals surface area contributed by atoms with Crippen molar-refractivity contribution in [3.8, 4) is 0 Å². The summed E-state index contributed by atoms with van der Waals surface area (Å²) >= 11 is 1.89. The van der Waals surface area contributed by atoms with Crippen molar-refractivity contribution in [1.82, 2.24) is 21.3 Å². The van der Waals surface area contributed by atoms with Gasteiger partial charge in [0.05, 0.1) is 64.9 Å². The maximum absolute atomic E-state index is 12.0. The molecule has 2 aliphatic rings. The Hall–Kier alpha value is -3.17. The fourth-order valence-corrected chi connectivity index (χ4v) is 6.60. The number of ether oxygens (including phenoxy) is 4. The molecule has 0 radical (unpaired) electrons. The van der Waals surface area contributed by atoms with Gasteiger partial charge in [-0.1, -0.05) is 18.6 Å². The SMILES string of the molecule is O=C(CCCC[C@@H]1SC[C@@H]2NC(=O)N[C@@H]21)NCCOCCOCCOCCOCCC(=O)NCc1ccc2ccc(=O)oc2c1. The third-order valence-corrected chi connectivity index (χ3v) is 8.92. The number of rotatable bonds is 22. The van der Waals surface area contributed by atoms with Crippen LogP contribution in [0.1, 0.15) is 37.7 Å². The van der Waals surface area contributed by atoms with Gasteiger partial charge in [-0.15, -0.1) is 0 Å². The van der Waals surface area contributed by atoms with E-state index >= 15 is 0 Å². The molecule has 2 saturated heterocycles. The van der Waals surface area contributed by atoms with Crippen molar-refractivity contribution < 1.29 is 37.7 Å². The first-order chi connectivity index (χ1) is 22.0. The summed E-state index contributed by atoms with van der Waals surface area (Å²) in [6.07, 6.45) is 3.53. The molecule has 2 aliphatic heterocycles. The highest BCUT2D eigenvalue weighted by Gasteiger charge is 2.42. The van der Waals surface area contributed by atoms with Gasteiger partial charge in [-0.05, 0) is 30.5 Å². The molecular weight excluding hydrogens is 604 g/mol. The Balaban J connectivity index is 0.860. The molecule has 0 bridgehead atoms. The van der Waals surface area contributed by atoms with Crippen LogP contribution in [0, 0.1) is 0 Å². The molecule has 1 aromatic heterocycles. The minimum absolute atomic E-state index is 0.0300. The summed E-state index contributed by atoms with van der Waals surface area (Å²) in [6, 6.07) is 8.94. The largest absolute Gasteiger partial charge is 0.423 e. The van der Waals surface area contributed by atoms with Crippen molar-refractivity contribution in [1.29, 1.82) is 0 Å². The fraction of sp³-hybridized carbons (Fsp3) is 0.613. The molecule has 0 unspecified atom stereocenters. The van der Waals surface area contributed by atoms with Gasteiger partial charge >= 0.3 is 11.7 Å². The lowest BCUT2D eigenvalue weighted by atomic mass is 10.0. The number of fused-ring (bicyclic) bond motifs is 2. The summed E-state index contributed by atoms with van der Waals surface area (Å²) < 4.78 is 27.0. The Morgan fingerprint density at radius 2 is 1.51 bits per heavy atom. The number of amides is 4. The van der Waals surface area contributed by atoms with Crippen LogP contribution in [0.5, 0.6) is 0 Å². The molecule has 13 nitrogen and oxygen atoms in total. The van der Waals surface area contributed by atoms with E-state index in [-0.39, 0.29) is 43.0 Å². The molecule has 2 aromatic rings. The lowest BCUT2D eigenvalue weighted by Gasteiger charge is -2.16. The van der Waals surface area contributed by atoms with Gasteiger partial charge in [-0.2, -0.15) is 11.8 Å². The van der Waals surface area contributed by atoms with Gasteiger partial charge in [0, 0.05) is 48.4 Å². The Labute approximate surface area is 266 Å². The number of thioether (sulfide) groups is 1. The molecule has 0 aliphatic carbocycles. The zero-order chi connectivity index (χ0) is 31.7. The summed E-state index contributed by atoms with van der Waals surface area (Å²) in [5.41, 5.74) is 0.923. The number of unbranched alkanes of at least 4 members (excludes halogenated alkanes) is 1. The molecule has 1 aromatic carbocycles. The molecule has 4 amide bonds. The number of nitrogens with one attached hydrogen (secondary N) is 4. The van der Waals surface area contributed by atoms with Crippen LogP contribution in [0.2, 0.25) is 0 Å². The van der Waals surface area contributed by atoms with Gasteiger partial charge in [0.15, 0.2) is 0 Å². The van der Waals surface area contributed by atoms with Crippen LogP contribution in [0.15, 0.2) is 39.5 Å². The molecular formula is C31H44N4O9S. The standard InChI is InChI=1S/C31H44N4O9S/c36-27(4-2-1-3-26-30-24(21-45-26)34-31(39)35-30)32-10-12-41-14-16-43-18-17-42-15-13-40-11-9-28(37)33-20-22-5-6-23-7-8-29(38)44-25(23)19-22/h5-8,19,24,26,30H,1-4,9-18,20-21H2,(H,32,36)(H,33,37)(H2,34,35,39)/t24-,26-,30-/m0/s1. The van der Waals surface area contributed by atoms with Crippen molar-refractivity contribution in [2.75, 3.05) is 65.2 Å². The zero-order valence-electron chi connectivity index (χ0n) is 25.5. The van der Waals surface area contributed by atoms with Crippen molar-refractivity contribution in [2.24, 2.45) is 0 Å². The molecule has 3 atom stereocenters. The Bertz CT molecular complexity index is 1290. The molecule has 0 spiro atoms. The van der Waals surface area contributed by atoms with Gasteiger partial charge in [0.2, 0.25) is 11.8 Å². The van der Waals surface area contributed by atoms with E-state index in [1.54, 1.807) is 12.1 Å². The minimum Gasteiger partial charge on any atom is -0.423 e.